The Hall–Kier alpha value is -3.22. The van der Waals surface area contributed by atoms with Crippen molar-refractivity contribution < 1.29 is 18.3 Å². The minimum absolute atomic E-state index is 0.183. The lowest BCUT2D eigenvalue weighted by Gasteiger charge is -2.11. The smallest absolute Gasteiger partial charge is 0.251 e. The van der Waals surface area contributed by atoms with Gasteiger partial charge in [-0.2, -0.15) is 5.10 Å². The highest BCUT2D eigenvalue weighted by Gasteiger charge is 2.14. The average molecular weight is 343 g/mol. The quantitative estimate of drug-likeness (QED) is 0.747. The van der Waals surface area contributed by atoms with Crippen LogP contribution >= 0.6 is 0 Å². The fourth-order valence-corrected chi connectivity index (χ4v) is 2.44. The number of carbonyl (C=O) groups is 1. The lowest BCUT2D eigenvalue weighted by molar-refractivity contribution is 0.0950. The van der Waals surface area contributed by atoms with Crippen LogP contribution in [0.15, 0.2) is 48.8 Å². The molecule has 0 aliphatic heterocycles. The van der Waals surface area contributed by atoms with Crippen LogP contribution in [-0.4, -0.2) is 23.2 Å². The van der Waals surface area contributed by atoms with Crippen LogP contribution in [-0.2, 0) is 6.54 Å². The molecule has 7 heteroatoms. The fourth-order valence-electron chi connectivity index (χ4n) is 2.44. The lowest BCUT2D eigenvalue weighted by atomic mass is 10.0. The van der Waals surface area contributed by atoms with Crippen LogP contribution < -0.4 is 10.1 Å². The molecule has 1 aromatic heterocycles. The number of nitrogens with zero attached hydrogens (tertiary/aromatic N) is 1. The van der Waals surface area contributed by atoms with E-state index in [-0.39, 0.29) is 12.1 Å². The predicted molar refractivity (Wildman–Crippen MR) is 88.1 cm³/mol. The number of amides is 1. The Balaban J connectivity index is 1.78. The summed E-state index contributed by atoms with van der Waals surface area (Å²) in [4.78, 5) is 12.3. The van der Waals surface area contributed by atoms with Crippen LogP contribution in [0.4, 0.5) is 8.78 Å². The van der Waals surface area contributed by atoms with Gasteiger partial charge in [0.1, 0.15) is 17.4 Å². The van der Waals surface area contributed by atoms with Crippen LogP contribution in [0.2, 0.25) is 0 Å². The number of methoxy groups -OCH3 is 1. The molecule has 0 saturated carbocycles. The lowest BCUT2D eigenvalue weighted by Crippen LogP contribution is -2.24. The van der Waals surface area contributed by atoms with E-state index in [1.54, 1.807) is 30.6 Å². The Bertz CT molecular complexity index is 875. The van der Waals surface area contributed by atoms with Crippen molar-refractivity contribution in [3.63, 3.8) is 0 Å². The van der Waals surface area contributed by atoms with Gasteiger partial charge in [-0.05, 0) is 30.3 Å². The topological polar surface area (TPSA) is 67.0 Å². The molecule has 128 valence electrons. The molecule has 25 heavy (non-hydrogen) atoms. The van der Waals surface area contributed by atoms with Crippen molar-refractivity contribution in [3.8, 4) is 16.9 Å². The van der Waals surface area contributed by atoms with Gasteiger partial charge >= 0.3 is 0 Å². The number of aromatic nitrogens is 2. The Labute approximate surface area is 142 Å². The van der Waals surface area contributed by atoms with Crippen molar-refractivity contribution in [2.45, 2.75) is 6.54 Å². The van der Waals surface area contributed by atoms with Crippen LogP contribution in [0.25, 0.3) is 11.1 Å². The molecule has 3 aromatic rings. The van der Waals surface area contributed by atoms with Gasteiger partial charge in [-0.25, -0.2) is 8.78 Å². The summed E-state index contributed by atoms with van der Waals surface area (Å²) in [5.41, 5.74) is 1.73. The molecule has 0 unspecified atom stereocenters. The second-order valence-electron chi connectivity index (χ2n) is 5.28. The second kappa shape index (κ2) is 7.12. The third-order valence-electron chi connectivity index (χ3n) is 3.76. The summed E-state index contributed by atoms with van der Waals surface area (Å²) in [5, 5.41) is 9.10. The third kappa shape index (κ3) is 3.50. The number of halogens is 2. The zero-order chi connectivity index (χ0) is 17.8. The Kier molecular flexibility index (Phi) is 4.74. The highest BCUT2D eigenvalue weighted by molar-refractivity contribution is 5.95. The molecule has 1 amide bonds. The van der Waals surface area contributed by atoms with Gasteiger partial charge in [0.15, 0.2) is 0 Å². The number of carbonyl (C=O) groups excluding carboxylic acids is 1. The summed E-state index contributed by atoms with van der Waals surface area (Å²) in [6.07, 6.45) is 3.34. The molecule has 0 radical (unpaired) electrons. The first kappa shape index (κ1) is 16.6. The first-order chi connectivity index (χ1) is 12.1. The SMILES string of the molecule is COc1cc(C(=O)NCc2c(F)cccc2F)ccc1-c1cn[nH]c1. The number of rotatable bonds is 5. The zero-order valence-electron chi connectivity index (χ0n) is 13.3. The number of nitrogens with one attached hydrogen (secondary N) is 2. The predicted octanol–water partition coefficient (Wildman–Crippen LogP) is 3.29. The summed E-state index contributed by atoms with van der Waals surface area (Å²) in [5.74, 6) is -1.37. The summed E-state index contributed by atoms with van der Waals surface area (Å²) in [6.45, 7) is -0.247. The minimum Gasteiger partial charge on any atom is -0.496 e. The Morgan fingerprint density at radius 1 is 1.24 bits per heavy atom. The van der Waals surface area contributed by atoms with Gasteiger partial charge in [-0.15, -0.1) is 0 Å². The highest BCUT2D eigenvalue weighted by Crippen LogP contribution is 2.30. The van der Waals surface area contributed by atoms with E-state index < -0.39 is 17.5 Å². The highest BCUT2D eigenvalue weighted by atomic mass is 19.1. The maximum absolute atomic E-state index is 13.6. The van der Waals surface area contributed by atoms with E-state index in [0.29, 0.717) is 11.3 Å². The van der Waals surface area contributed by atoms with Crippen molar-refractivity contribution >= 4 is 5.91 Å². The average Bonchev–Trinajstić information content (AvgIpc) is 3.15. The first-order valence-corrected chi connectivity index (χ1v) is 7.48. The number of ether oxygens (including phenoxy) is 1. The van der Waals surface area contributed by atoms with E-state index in [9.17, 15) is 13.6 Å². The molecule has 0 saturated heterocycles. The maximum Gasteiger partial charge on any atom is 0.251 e. The number of benzene rings is 2. The summed E-state index contributed by atoms with van der Waals surface area (Å²) in [7, 11) is 1.50. The minimum atomic E-state index is -0.701. The van der Waals surface area contributed by atoms with Gasteiger partial charge in [0.2, 0.25) is 0 Å². The molecular formula is C18H15F2N3O2. The van der Waals surface area contributed by atoms with E-state index in [1.165, 1.54) is 13.2 Å². The summed E-state index contributed by atoms with van der Waals surface area (Å²) < 4.78 is 32.5. The van der Waals surface area contributed by atoms with Crippen molar-refractivity contribution in [2.24, 2.45) is 0 Å². The van der Waals surface area contributed by atoms with Gasteiger partial charge in [-0.1, -0.05) is 6.07 Å². The van der Waals surface area contributed by atoms with E-state index in [0.717, 1.165) is 23.3 Å². The van der Waals surface area contributed by atoms with Gasteiger partial charge in [0.05, 0.1) is 13.3 Å². The number of aromatic amines is 1. The molecule has 2 aromatic carbocycles. The Morgan fingerprint density at radius 2 is 2.00 bits per heavy atom. The molecule has 0 aliphatic rings. The van der Waals surface area contributed by atoms with Gasteiger partial charge in [0, 0.05) is 35.0 Å². The number of hydrogen-bond acceptors (Lipinski definition) is 3. The number of hydrogen-bond donors (Lipinski definition) is 2. The van der Waals surface area contributed by atoms with Crippen LogP contribution in [0.3, 0.4) is 0 Å². The van der Waals surface area contributed by atoms with Crippen molar-refractivity contribution in [1.29, 1.82) is 0 Å². The molecule has 0 bridgehead atoms. The van der Waals surface area contributed by atoms with E-state index in [1.807, 2.05) is 0 Å². The van der Waals surface area contributed by atoms with Gasteiger partial charge in [0.25, 0.3) is 5.91 Å². The van der Waals surface area contributed by atoms with E-state index >= 15 is 0 Å². The molecule has 2 N–H and O–H groups in total. The van der Waals surface area contributed by atoms with Gasteiger partial charge < -0.3 is 10.1 Å². The molecule has 3 rings (SSSR count). The molecule has 0 aliphatic carbocycles. The van der Waals surface area contributed by atoms with Crippen LogP contribution in [0.5, 0.6) is 5.75 Å². The molecule has 0 fully saturated rings. The largest absolute Gasteiger partial charge is 0.496 e. The van der Waals surface area contributed by atoms with Crippen LogP contribution in [0.1, 0.15) is 15.9 Å². The molecule has 5 nitrogen and oxygen atoms in total. The second-order valence-corrected chi connectivity index (χ2v) is 5.28. The van der Waals surface area contributed by atoms with E-state index in [4.69, 9.17) is 4.74 Å². The van der Waals surface area contributed by atoms with E-state index in [2.05, 4.69) is 15.5 Å². The normalized spacial score (nSPS) is 10.5. The zero-order valence-corrected chi connectivity index (χ0v) is 13.3. The number of H-pyrrole nitrogens is 1. The van der Waals surface area contributed by atoms with Crippen molar-refractivity contribution in [2.75, 3.05) is 7.11 Å². The standard InChI is InChI=1S/C18H15F2N3O2/c1-25-17-7-11(5-6-13(17)12-8-22-23-9-12)18(24)21-10-14-15(19)3-2-4-16(14)20/h2-9H,10H2,1H3,(H,21,24)(H,22,23). The fraction of sp³-hybridized carbons (Fsp3) is 0.111. The summed E-state index contributed by atoms with van der Waals surface area (Å²) in [6, 6.07) is 8.46. The Morgan fingerprint density at radius 3 is 2.64 bits per heavy atom. The molecule has 0 spiro atoms. The maximum atomic E-state index is 13.6. The molecular weight excluding hydrogens is 328 g/mol. The summed E-state index contributed by atoms with van der Waals surface area (Å²) >= 11 is 0. The molecule has 1 heterocycles. The van der Waals surface area contributed by atoms with Gasteiger partial charge in [-0.3, -0.25) is 9.89 Å². The molecule has 0 atom stereocenters. The van der Waals surface area contributed by atoms with Crippen molar-refractivity contribution in [1.82, 2.24) is 15.5 Å². The van der Waals surface area contributed by atoms with Crippen molar-refractivity contribution in [3.05, 3.63) is 71.6 Å². The monoisotopic (exact) mass is 343 g/mol. The van der Waals surface area contributed by atoms with Crippen LogP contribution in [0, 0.1) is 11.6 Å². The first-order valence-electron chi connectivity index (χ1n) is 7.48. The third-order valence-corrected chi connectivity index (χ3v) is 3.76.